The van der Waals surface area contributed by atoms with Crippen molar-refractivity contribution in [3.05, 3.63) is 34.4 Å². The van der Waals surface area contributed by atoms with Crippen LogP contribution in [0.5, 0.6) is 0 Å². The van der Waals surface area contributed by atoms with Gasteiger partial charge in [-0.25, -0.2) is 13.6 Å². The molecule has 1 saturated heterocycles. The fourth-order valence-corrected chi connectivity index (χ4v) is 2.28. The minimum Gasteiger partial charge on any atom is -0.480 e. The van der Waals surface area contributed by atoms with Gasteiger partial charge in [-0.05, 0) is 25.0 Å². The smallest absolute Gasteiger partial charge is 0.326 e. The summed E-state index contributed by atoms with van der Waals surface area (Å²) >= 11 is 5.40. The Bertz CT molecular complexity index is 550. The second kappa shape index (κ2) is 5.13. The highest BCUT2D eigenvalue weighted by atomic mass is 35.5. The van der Waals surface area contributed by atoms with Crippen molar-refractivity contribution in [2.45, 2.75) is 18.9 Å². The summed E-state index contributed by atoms with van der Waals surface area (Å²) in [6, 6.07) is 0.872. The van der Waals surface area contributed by atoms with Crippen LogP contribution in [0.1, 0.15) is 23.2 Å². The van der Waals surface area contributed by atoms with E-state index in [4.69, 9.17) is 16.7 Å². The standard InChI is InChI=1S/C12H10ClF2NO3/c13-9-7(14)4-3-6(10(9)15)11(17)16-5-1-2-8(16)12(18)19/h3-4,8H,1-2,5H2,(H,18,19)/t8-/m1/s1. The van der Waals surface area contributed by atoms with Crippen molar-refractivity contribution >= 4 is 23.5 Å². The molecule has 19 heavy (non-hydrogen) atoms. The van der Waals surface area contributed by atoms with Gasteiger partial charge in [-0.1, -0.05) is 11.6 Å². The number of halogens is 3. The highest BCUT2D eigenvalue weighted by molar-refractivity contribution is 6.31. The molecule has 1 amide bonds. The Kier molecular flexibility index (Phi) is 3.71. The minimum atomic E-state index is -1.16. The van der Waals surface area contributed by atoms with E-state index in [9.17, 15) is 18.4 Å². The number of carbonyl (C=O) groups is 2. The second-order valence-electron chi connectivity index (χ2n) is 4.22. The van der Waals surface area contributed by atoms with Gasteiger partial charge < -0.3 is 10.0 Å². The van der Waals surface area contributed by atoms with E-state index >= 15 is 0 Å². The number of carboxylic acids is 1. The van der Waals surface area contributed by atoms with E-state index < -0.39 is 40.1 Å². The van der Waals surface area contributed by atoms with Crippen molar-refractivity contribution in [1.29, 1.82) is 0 Å². The Morgan fingerprint density at radius 2 is 2.05 bits per heavy atom. The lowest BCUT2D eigenvalue weighted by Crippen LogP contribution is -2.40. The van der Waals surface area contributed by atoms with Gasteiger partial charge in [0, 0.05) is 6.54 Å². The summed E-state index contributed by atoms with van der Waals surface area (Å²) in [5.74, 6) is -4.06. The molecule has 1 fully saturated rings. The Labute approximate surface area is 112 Å². The monoisotopic (exact) mass is 289 g/mol. The molecule has 1 aromatic rings. The third-order valence-corrected chi connectivity index (χ3v) is 3.41. The van der Waals surface area contributed by atoms with Gasteiger partial charge in [0.2, 0.25) is 0 Å². The first-order chi connectivity index (χ1) is 8.93. The molecule has 102 valence electrons. The number of hydrogen-bond donors (Lipinski definition) is 1. The average molecular weight is 290 g/mol. The Balaban J connectivity index is 2.35. The third-order valence-electron chi connectivity index (χ3n) is 3.06. The number of hydrogen-bond acceptors (Lipinski definition) is 2. The maximum absolute atomic E-state index is 13.7. The van der Waals surface area contributed by atoms with Gasteiger partial charge in [0.1, 0.15) is 16.9 Å². The number of aliphatic carboxylic acids is 1. The van der Waals surface area contributed by atoms with E-state index in [1.165, 1.54) is 0 Å². The lowest BCUT2D eigenvalue weighted by Gasteiger charge is -2.21. The Morgan fingerprint density at radius 3 is 2.68 bits per heavy atom. The van der Waals surface area contributed by atoms with E-state index in [0.717, 1.165) is 17.0 Å². The van der Waals surface area contributed by atoms with Gasteiger partial charge in [0.05, 0.1) is 5.56 Å². The van der Waals surface area contributed by atoms with E-state index in [1.54, 1.807) is 0 Å². The van der Waals surface area contributed by atoms with Crippen LogP contribution in [0.25, 0.3) is 0 Å². The van der Waals surface area contributed by atoms with Crippen LogP contribution in [0, 0.1) is 11.6 Å². The molecule has 1 heterocycles. The first-order valence-corrected chi connectivity index (χ1v) is 5.98. The normalized spacial score (nSPS) is 18.7. The number of carbonyl (C=O) groups excluding carboxylic acids is 1. The van der Waals surface area contributed by atoms with E-state index in [0.29, 0.717) is 12.8 Å². The van der Waals surface area contributed by atoms with Gasteiger partial charge >= 0.3 is 5.97 Å². The lowest BCUT2D eigenvalue weighted by atomic mass is 10.1. The summed E-state index contributed by atoms with van der Waals surface area (Å²) < 4.78 is 26.7. The molecule has 1 N–H and O–H groups in total. The maximum Gasteiger partial charge on any atom is 0.326 e. The Hall–Kier alpha value is -1.69. The van der Waals surface area contributed by atoms with Crippen molar-refractivity contribution in [2.24, 2.45) is 0 Å². The van der Waals surface area contributed by atoms with Crippen LogP contribution in [-0.4, -0.2) is 34.5 Å². The van der Waals surface area contributed by atoms with Crippen molar-refractivity contribution < 1.29 is 23.5 Å². The molecule has 0 saturated carbocycles. The SMILES string of the molecule is O=C(O)[C@H]1CCCN1C(=O)c1ccc(F)c(Cl)c1F. The third kappa shape index (κ3) is 2.40. The zero-order valence-electron chi connectivity index (χ0n) is 9.70. The predicted molar refractivity (Wildman–Crippen MR) is 63.1 cm³/mol. The molecule has 1 aromatic carbocycles. The summed E-state index contributed by atoms with van der Waals surface area (Å²) in [5, 5.41) is 8.21. The first kappa shape index (κ1) is 13.7. The Morgan fingerprint density at radius 1 is 1.37 bits per heavy atom. The quantitative estimate of drug-likeness (QED) is 0.850. The molecule has 0 radical (unpaired) electrons. The molecule has 0 spiro atoms. The number of carboxylic acid groups (broad SMARTS) is 1. The van der Waals surface area contributed by atoms with E-state index in [2.05, 4.69) is 0 Å². The summed E-state index contributed by atoms with van der Waals surface area (Å²) in [7, 11) is 0. The average Bonchev–Trinajstić information content (AvgIpc) is 2.84. The molecule has 7 heteroatoms. The number of nitrogens with zero attached hydrogens (tertiary/aromatic N) is 1. The molecule has 1 aliphatic rings. The van der Waals surface area contributed by atoms with Crippen LogP contribution < -0.4 is 0 Å². The lowest BCUT2D eigenvalue weighted by molar-refractivity contribution is -0.141. The summed E-state index contributed by atoms with van der Waals surface area (Å²) in [6.45, 7) is 0.226. The predicted octanol–water partition coefficient (Wildman–Crippen LogP) is 2.31. The molecular formula is C12H10ClF2NO3. The highest BCUT2D eigenvalue weighted by Crippen LogP contribution is 2.26. The van der Waals surface area contributed by atoms with Gasteiger partial charge in [-0.3, -0.25) is 4.79 Å². The summed E-state index contributed by atoms with van der Waals surface area (Å²) in [5.41, 5.74) is -0.417. The number of benzene rings is 1. The molecule has 2 rings (SSSR count). The first-order valence-electron chi connectivity index (χ1n) is 5.60. The maximum atomic E-state index is 13.7. The second-order valence-corrected chi connectivity index (χ2v) is 4.60. The number of likely N-dealkylation sites (tertiary alicyclic amines) is 1. The minimum absolute atomic E-state index is 0.226. The van der Waals surface area contributed by atoms with Crippen LogP contribution in [0.15, 0.2) is 12.1 Å². The van der Waals surface area contributed by atoms with Crippen molar-refractivity contribution in [3.63, 3.8) is 0 Å². The van der Waals surface area contributed by atoms with Gasteiger partial charge in [0.15, 0.2) is 5.82 Å². The van der Waals surface area contributed by atoms with E-state index in [-0.39, 0.29) is 6.54 Å². The van der Waals surface area contributed by atoms with Crippen molar-refractivity contribution in [2.75, 3.05) is 6.54 Å². The topological polar surface area (TPSA) is 57.6 Å². The molecule has 4 nitrogen and oxygen atoms in total. The highest BCUT2D eigenvalue weighted by Gasteiger charge is 2.35. The van der Waals surface area contributed by atoms with Gasteiger partial charge in [-0.2, -0.15) is 0 Å². The zero-order valence-corrected chi connectivity index (χ0v) is 10.5. The molecule has 0 aliphatic carbocycles. The zero-order chi connectivity index (χ0) is 14.2. The van der Waals surface area contributed by atoms with Crippen molar-refractivity contribution in [1.82, 2.24) is 4.90 Å². The van der Waals surface area contributed by atoms with Crippen LogP contribution in [0.4, 0.5) is 8.78 Å². The largest absolute Gasteiger partial charge is 0.480 e. The van der Waals surface area contributed by atoms with Crippen LogP contribution >= 0.6 is 11.6 Å². The molecular weight excluding hydrogens is 280 g/mol. The number of amides is 1. The van der Waals surface area contributed by atoms with E-state index in [1.807, 2.05) is 0 Å². The molecule has 1 atom stereocenters. The number of rotatable bonds is 2. The van der Waals surface area contributed by atoms with Crippen LogP contribution in [0.2, 0.25) is 5.02 Å². The molecule has 1 aliphatic heterocycles. The van der Waals surface area contributed by atoms with Gasteiger partial charge in [-0.15, -0.1) is 0 Å². The fraction of sp³-hybridized carbons (Fsp3) is 0.333. The van der Waals surface area contributed by atoms with Crippen LogP contribution in [-0.2, 0) is 4.79 Å². The molecule has 0 unspecified atom stereocenters. The molecule has 0 bridgehead atoms. The summed E-state index contributed by atoms with van der Waals surface area (Å²) in [4.78, 5) is 24.1. The van der Waals surface area contributed by atoms with Crippen LogP contribution in [0.3, 0.4) is 0 Å². The van der Waals surface area contributed by atoms with Gasteiger partial charge in [0.25, 0.3) is 5.91 Å². The molecule has 0 aromatic heterocycles. The fourth-order valence-electron chi connectivity index (χ4n) is 2.11. The van der Waals surface area contributed by atoms with Crippen molar-refractivity contribution in [3.8, 4) is 0 Å². The summed E-state index contributed by atoms with van der Waals surface area (Å²) in [6.07, 6.45) is 0.844.